The monoisotopic (exact) mass is 411 g/mol. The van der Waals surface area contributed by atoms with Crippen LogP contribution in [0.25, 0.3) is 0 Å². The summed E-state index contributed by atoms with van der Waals surface area (Å²) in [7, 11) is -3.75. The Bertz CT molecular complexity index is 961. The van der Waals surface area contributed by atoms with Gasteiger partial charge in [-0.2, -0.15) is 13.2 Å². The smallest absolute Gasteiger partial charge is 0.418 e. The van der Waals surface area contributed by atoms with Crippen molar-refractivity contribution in [2.45, 2.75) is 11.1 Å². The van der Waals surface area contributed by atoms with Crippen LogP contribution in [0.4, 0.5) is 23.2 Å². The Morgan fingerprint density at radius 2 is 1.81 bits per heavy atom. The van der Waals surface area contributed by atoms with E-state index in [1.165, 1.54) is 0 Å². The number of nitrogens with one attached hydrogen (secondary N) is 1. The molecule has 0 saturated carbocycles. The van der Waals surface area contributed by atoms with Crippen LogP contribution in [0.1, 0.15) is 15.9 Å². The van der Waals surface area contributed by atoms with Crippen molar-refractivity contribution in [3.05, 3.63) is 58.4 Å². The Morgan fingerprint density at radius 1 is 1.15 bits per heavy atom. The van der Waals surface area contributed by atoms with Crippen molar-refractivity contribution in [1.29, 1.82) is 0 Å². The van der Waals surface area contributed by atoms with Gasteiger partial charge in [-0.3, -0.25) is 4.72 Å². The molecular formula is C15H10ClF4NO4S. The van der Waals surface area contributed by atoms with Crippen LogP contribution in [0.3, 0.4) is 0 Å². The van der Waals surface area contributed by atoms with Gasteiger partial charge in [0.15, 0.2) is 0 Å². The van der Waals surface area contributed by atoms with Crippen LogP contribution in [0, 0.1) is 5.82 Å². The first-order valence-electron chi connectivity index (χ1n) is 6.73. The third-order valence-electron chi connectivity index (χ3n) is 3.17. The SMILES string of the molecule is COC(=O)c1ccc(F)c(S(=O)(=O)Nc2ccc(Cl)cc2C(F)(F)F)c1. The van der Waals surface area contributed by atoms with Gasteiger partial charge >= 0.3 is 12.1 Å². The lowest BCUT2D eigenvalue weighted by Gasteiger charge is -2.15. The minimum Gasteiger partial charge on any atom is -0.465 e. The fraction of sp³-hybridized carbons (Fsp3) is 0.133. The number of carbonyl (C=O) groups excluding carboxylic acids is 1. The molecule has 1 N–H and O–H groups in total. The molecular weight excluding hydrogens is 402 g/mol. The zero-order valence-corrected chi connectivity index (χ0v) is 14.5. The van der Waals surface area contributed by atoms with Gasteiger partial charge in [0.1, 0.15) is 10.7 Å². The summed E-state index contributed by atoms with van der Waals surface area (Å²) in [5, 5.41) is -0.265. The number of sulfonamides is 1. The van der Waals surface area contributed by atoms with E-state index in [-0.39, 0.29) is 10.6 Å². The zero-order chi connectivity index (χ0) is 19.7. The quantitative estimate of drug-likeness (QED) is 0.607. The van der Waals surface area contributed by atoms with Gasteiger partial charge < -0.3 is 4.74 Å². The lowest BCUT2D eigenvalue weighted by molar-refractivity contribution is -0.136. The Kier molecular flexibility index (Phi) is 5.47. The molecule has 0 aliphatic heterocycles. The highest BCUT2D eigenvalue weighted by molar-refractivity contribution is 7.92. The van der Waals surface area contributed by atoms with Gasteiger partial charge in [-0.1, -0.05) is 11.6 Å². The molecule has 0 unspecified atom stereocenters. The van der Waals surface area contributed by atoms with E-state index in [1.807, 2.05) is 0 Å². The maximum atomic E-state index is 13.9. The third kappa shape index (κ3) is 4.25. The predicted molar refractivity (Wildman–Crippen MR) is 85.0 cm³/mol. The molecule has 140 valence electrons. The highest BCUT2D eigenvalue weighted by Crippen LogP contribution is 2.37. The third-order valence-corrected chi connectivity index (χ3v) is 4.79. The molecule has 0 radical (unpaired) electrons. The van der Waals surface area contributed by atoms with Crippen molar-refractivity contribution in [2.75, 3.05) is 11.8 Å². The van der Waals surface area contributed by atoms with Crippen molar-refractivity contribution in [2.24, 2.45) is 0 Å². The van der Waals surface area contributed by atoms with Crippen LogP contribution in [0.2, 0.25) is 5.02 Å². The van der Waals surface area contributed by atoms with E-state index in [2.05, 4.69) is 4.74 Å². The number of alkyl halides is 3. The highest BCUT2D eigenvalue weighted by Gasteiger charge is 2.35. The molecule has 0 aliphatic rings. The maximum absolute atomic E-state index is 13.9. The maximum Gasteiger partial charge on any atom is 0.418 e. The molecule has 5 nitrogen and oxygen atoms in total. The Morgan fingerprint density at radius 3 is 2.38 bits per heavy atom. The van der Waals surface area contributed by atoms with Crippen LogP contribution in [-0.2, 0) is 20.9 Å². The van der Waals surface area contributed by atoms with E-state index < -0.39 is 44.1 Å². The zero-order valence-electron chi connectivity index (χ0n) is 12.9. The summed E-state index contributed by atoms with van der Waals surface area (Å²) in [6.07, 6.45) is -4.91. The molecule has 0 atom stereocenters. The molecule has 11 heteroatoms. The number of hydrogen-bond donors (Lipinski definition) is 1. The number of anilines is 1. The van der Waals surface area contributed by atoms with Crippen molar-refractivity contribution < 1.29 is 35.5 Å². The summed E-state index contributed by atoms with van der Waals surface area (Å²) in [5.41, 5.74) is -2.48. The van der Waals surface area contributed by atoms with Crippen LogP contribution < -0.4 is 4.72 Å². The largest absolute Gasteiger partial charge is 0.465 e. The van der Waals surface area contributed by atoms with Crippen molar-refractivity contribution in [3.8, 4) is 0 Å². The van der Waals surface area contributed by atoms with Gasteiger partial charge in [0.25, 0.3) is 10.0 Å². The number of rotatable bonds is 4. The number of methoxy groups -OCH3 is 1. The van der Waals surface area contributed by atoms with Gasteiger partial charge in [0, 0.05) is 5.02 Å². The predicted octanol–water partition coefficient (Wildman–Crippen LogP) is 4.09. The number of esters is 1. The summed E-state index contributed by atoms with van der Waals surface area (Å²) >= 11 is 5.52. The van der Waals surface area contributed by atoms with Gasteiger partial charge in [0.2, 0.25) is 0 Å². The first-order valence-corrected chi connectivity index (χ1v) is 8.59. The molecule has 0 heterocycles. The molecule has 2 aromatic carbocycles. The second-order valence-corrected chi connectivity index (χ2v) is 7.02. The van der Waals surface area contributed by atoms with E-state index >= 15 is 0 Å². The molecule has 2 rings (SSSR count). The van der Waals surface area contributed by atoms with E-state index in [4.69, 9.17) is 11.6 Å². The van der Waals surface area contributed by atoms with Crippen LogP contribution in [0.15, 0.2) is 41.3 Å². The minimum absolute atomic E-state index is 0.265. The summed E-state index contributed by atoms with van der Waals surface area (Å²) in [6.45, 7) is 0. The summed E-state index contributed by atoms with van der Waals surface area (Å²) in [6, 6.07) is 4.69. The highest BCUT2D eigenvalue weighted by atomic mass is 35.5. The van der Waals surface area contributed by atoms with Crippen LogP contribution >= 0.6 is 11.6 Å². The fourth-order valence-electron chi connectivity index (χ4n) is 1.99. The average molecular weight is 412 g/mol. The summed E-state index contributed by atoms with van der Waals surface area (Å²) < 4.78 is 83.9. The van der Waals surface area contributed by atoms with Crippen molar-refractivity contribution >= 4 is 33.3 Å². The summed E-state index contributed by atoms with van der Waals surface area (Å²) in [4.78, 5) is 10.5. The number of hydrogen-bond acceptors (Lipinski definition) is 4. The Hall–Kier alpha value is -2.33. The molecule has 2 aromatic rings. The topological polar surface area (TPSA) is 72.5 Å². The number of ether oxygens (including phenoxy) is 1. The Labute approximate surface area is 150 Å². The number of carbonyl (C=O) groups is 1. The van der Waals surface area contributed by atoms with Crippen LogP contribution in [0.5, 0.6) is 0 Å². The van der Waals surface area contributed by atoms with E-state index in [9.17, 15) is 30.8 Å². The number of halogens is 5. The van der Waals surface area contributed by atoms with Crippen molar-refractivity contribution in [3.63, 3.8) is 0 Å². The molecule has 0 aromatic heterocycles. The van der Waals surface area contributed by atoms with Gasteiger partial charge in [0.05, 0.1) is 23.9 Å². The van der Waals surface area contributed by atoms with Gasteiger partial charge in [-0.25, -0.2) is 17.6 Å². The Balaban J connectivity index is 2.53. The molecule has 0 amide bonds. The molecule has 0 fully saturated rings. The lowest BCUT2D eigenvalue weighted by Crippen LogP contribution is -2.19. The number of benzene rings is 2. The molecule has 0 aliphatic carbocycles. The van der Waals surface area contributed by atoms with Gasteiger partial charge in [-0.05, 0) is 36.4 Å². The van der Waals surface area contributed by atoms with E-state index in [0.717, 1.165) is 25.3 Å². The van der Waals surface area contributed by atoms with E-state index in [0.29, 0.717) is 18.2 Å². The lowest BCUT2D eigenvalue weighted by atomic mass is 10.2. The normalized spacial score (nSPS) is 11.9. The minimum atomic E-state index is -4.91. The molecule has 0 saturated heterocycles. The van der Waals surface area contributed by atoms with Crippen LogP contribution in [-0.4, -0.2) is 21.5 Å². The first kappa shape index (κ1) is 20.0. The second-order valence-electron chi connectivity index (χ2n) is 4.93. The second kappa shape index (κ2) is 7.12. The molecule has 0 bridgehead atoms. The van der Waals surface area contributed by atoms with E-state index in [1.54, 1.807) is 4.72 Å². The molecule has 0 spiro atoms. The fourth-order valence-corrected chi connectivity index (χ4v) is 3.35. The van der Waals surface area contributed by atoms with Crippen molar-refractivity contribution in [1.82, 2.24) is 0 Å². The average Bonchev–Trinajstić information content (AvgIpc) is 2.55. The summed E-state index contributed by atoms with van der Waals surface area (Å²) in [5.74, 6) is -2.20. The van der Waals surface area contributed by atoms with Gasteiger partial charge in [-0.15, -0.1) is 0 Å². The molecule has 26 heavy (non-hydrogen) atoms. The first-order chi connectivity index (χ1) is 12.0. The standard InChI is InChI=1S/C15H10ClF4NO4S/c1-25-14(22)8-2-4-11(17)13(6-8)26(23,24)21-12-5-3-9(16)7-10(12)15(18,19)20/h2-7,21H,1H3.